The SMILES string of the molecule is C=CS(=O)(=O)NCCNS(=O)(=O)C=C. The fraction of sp³-hybridized carbons (Fsp3) is 0.333. The van der Waals surface area contributed by atoms with Crippen molar-refractivity contribution in [3.05, 3.63) is 24.0 Å². The zero-order chi connectivity index (χ0) is 11.2. The fourth-order valence-electron chi connectivity index (χ4n) is 0.504. The second-order valence-electron chi connectivity index (χ2n) is 2.21. The van der Waals surface area contributed by atoms with Crippen molar-refractivity contribution in [3.8, 4) is 0 Å². The molecule has 0 aliphatic rings. The summed E-state index contributed by atoms with van der Waals surface area (Å²) in [6.45, 7) is 6.06. The molecule has 0 fully saturated rings. The van der Waals surface area contributed by atoms with Crippen molar-refractivity contribution < 1.29 is 16.8 Å². The molecule has 0 bridgehead atoms. The third kappa shape index (κ3) is 5.86. The van der Waals surface area contributed by atoms with Gasteiger partial charge in [0, 0.05) is 23.9 Å². The van der Waals surface area contributed by atoms with Crippen LogP contribution in [-0.2, 0) is 20.0 Å². The summed E-state index contributed by atoms with van der Waals surface area (Å²) in [4.78, 5) is 0. The highest BCUT2D eigenvalue weighted by molar-refractivity contribution is 7.92. The van der Waals surface area contributed by atoms with E-state index in [1.807, 2.05) is 0 Å². The van der Waals surface area contributed by atoms with Crippen LogP contribution >= 0.6 is 0 Å². The van der Waals surface area contributed by atoms with Gasteiger partial charge in [0.15, 0.2) is 0 Å². The minimum absolute atomic E-state index is 0.0403. The average Bonchev–Trinajstić information content (AvgIpc) is 2.13. The van der Waals surface area contributed by atoms with Gasteiger partial charge < -0.3 is 0 Å². The van der Waals surface area contributed by atoms with Crippen LogP contribution in [0.25, 0.3) is 0 Å². The maximum absolute atomic E-state index is 10.8. The fourth-order valence-corrected chi connectivity index (χ4v) is 1.51. The van der Waals surface area contributed by atoms with Gasteiger partial charge >= 0.3 is 0 Å². The Morgan fingerprint density at radius 1 is 0.857 bits per heavy atom. The van der Waals surface area contributed by atoms with Crippen LogP contribution in [0, 0.1) is 0 Å². The summed E-state index contributed by atoms with van der Waals surface area (Å²) in [6.07, 6.45) is 0. The van der Waals surface area contributed by atoms with Gasteiger partial charge in [0.2, 0.25) is 20.0 Å². The molecule has 0 radical (unpaired) electrons. The van der Waals surface area contributed by atoms with Crippen molar-refractivity contribution in [2.24, 2.45) is 0 Å². The van der Waals surface area contributed by atoms with Crippen molar-refractivity contribution in [1.29, 1.82) is 0 Å². The Balaban J connectivity index is 3.90. The van der Waals surface area contributed by atoms with E-state index in [0.29, 0.717) is 0 Å². The Morgan fingerprint density at radius 3 is 1.36 bits per heavy atom. The Labute approximate surface area is 83.8 Å². The quantitative estimate of drug-likeness (QED) is 0.565. The molecule has 0 unspecified atom stereocenters. The maximum atomic E-state index is 10.8. The van der Waals surface area contributed by atoms with E-state index < -0.39 is 20.0 Å². The zero-order valence-corrected chi connectivity index (χ0v) is 9.07. The molecule has 0 saturated heterocycles. The van der Waals surface area contributed by atoms with Gasteiger partial charge in [-0.1, -0.05) is 13.2 Å². The first-order valence-electron chi connectivity index (χ1n) is 3.57. The van der Waals surface area contributed by atoms with Crippen molar-refractivity contribution in [1.82, 2.24) is 9.44 Å². The van der Waals surface area contributed by atoms with E-state index in [1.54, 1.807) is 0 Å². The number of sulfonamides is 2. The van der Waals surface area contributed by atoms with E-state index in [9.17, 15) is 16.8 Å². The first-order chi connectivity index (χ1) is 6.33. The Bertz CT molecular complexity index is 356. The minimum Gasteiger partial charge on any atom is -0.210 e. The molecule has 0 aromatic rings. The molecule has 8 heteroatoms. The van der Waals surface area contributed by atoms with E-state index in [-0.39, 0.29) is 13.1 Å². The molecule has 14 heavy (non-hydrogen) atoms. The molecule has 0 aliphatic heterocycles. The lowest BCUT2D eigenvalue weighted by molar-refractivity contribution is 0.580. The second kappa shape index (κ2) is 5.25. The molecule has 0 aromatic heterocycles. The molecule has 2 N–H and O–H groups in total. The van der Waals surface area contributed by atoms with Crippen LogP contribution in [0.3, 0.4) is 0 Å². The summed E-state index contributed by atoms with van der Waals surface area (Å²) >= 11 is 0. The van der Waals surface area contributed by atoms with Gasteiger partial charge in [0.1, 0.15) is 0 Å². The number of hydrogen-bond donors (Lipinski definition) is 2. The Kier molecular flexibility index (Phi) is 4.99. The van der Waals surface area contributed by atoms with E-state index in [2.05, 4.69) is 22.6 Å². The van der Waals surface area contributed by atoms with Gasteiger partial charge in [-0.2, -0.15) is 0 Å². The predicted molar refractivity (Wildman–Crippen MR) is 54.2 cm³/mol. The van der Waals surface area contributed by atoms with Crippen molar-refractivity contribution in [2.45, 2.75) is 0 Å². The number of hydrogen-bond acceptors (Lipinski definition) is 4. The van der Waals surface area contributed by atoms with Crippen LogP contribution < -0.4 is 9.44 Å². The van der Waals surface area contributed by atoms with Gasteiger partial charge in [-0.05, 0) is 0 Å². The molecule has 0 amide bonds. The molecule has 0 heterocycles. The molecule has 0 rings (SSSR count). The molecule has 0 aromatic carbocycles. The summed E-state index contributed by atoms with van der Waals surface area (Å²) < 4.78 is 47.3. The topological polar surface area (TPSA) is 92.3 Å². The monoisotopic (exact) mass is 240 g/mol. The molecule has 6 nitrogen and oxygen atoms in total. The first-order valence-corrected chi connectivity index (χ1v) is 6.66. The normalized spacial score (nSPS) is 12.3. The first kappa shape index (κ1) is 13.3. The highest BCUT2D eigenvalue weighted by atomic mass is 32.2. The van der Waals surface area contributed by atoms with Gasteiger partial charge in [-0.25, -0.2) is 26.3 Å². The van der Waals surface area contributed by atoms with E-state index in [0.717, 1.165) is 10.8 Å². The molecular weight excluding hydrogens is 228 g/mol. The minimum atomic E-state index is -3.49. The molecule has 0 saturated carbocycles. The maximum Gasteiger partial charge on any atom is 0.233 e. The Hall–Kier alpha value is -0.700. The van der Waals surface area contributed by atoms with Crippen molar-refractivity contribution in [2.75, 3.05) is 13.1 Å². The third-order valence-electron chi connectivity index (χ3n) is 1.17. The molecule has 0 atom stereocenters. The van der Waals surface area contributed by atoms with Gasteiger partial charge in [0.25, 0.3) is 0 Å². The largest absolute Gasteiger partial charge is 0.233 e. The smallest absolute Gasteiger partial charge is 0.210 e. The summed E-state index contributed by atoms with van der Waals surface area (Å²) in [6, 6.07) is 0. The number of nitrogens with one attached hydrogen (secondary N) is 2. The molecular formula is C6H12N2O4S2. The van der Waals surface area contributed by atoms with Gasteiger partial charge in [-0.15, -0.1) is 0 Å². The van der Waals surface area contributed by atoms with E-state index >= 15 is 0 Å². The summed E-state index contributed by atoms with van der Waals surface area (Å²) in [5.41, 5.74) is 0. The lowest BCUT2D eigenvalue weighted by atomic mass is 10.7. The lowest BCUT2D eigenvalue weighted by Crippen LogP contribution is -2.32. The second-order valence-corrected chi connectivity index (χ2v) is 5.64. The number of rotatable bonds is 7. The summed E-state index contributed by atoms with van der Waals surface area (Å²) in [7, 11) is -6.98. The molecule has 0 spiro atoms. The van der Waals surface area contributed by atoms with Crippen LogP contribution in [0.1, 0.15) is 0 Å². The summed E-state index contributed by atoms with van der Waals surface area (Å²) in [5, 5.41) is 1.49. The van der Waals surface area contributed by atoms with Gasteiger partial charge in [0.05, 0.1) is 0 Å². The molecule has 0 aliphatic carbocycles. The van der Waals surface area contributed by atoms with Crippen LogP contribution in [0.4, 0.5) is 0 Å². The van der Waals surface area contributed by atoms with E-state index in [4.69, 9.17) is 0 Å². The lowest BCUT2D eigenvalue weighted by Gasteiger charge is -2.03. The van der Waals surface area contributed by atoms with Crippen LogP contribution in [0.5, 0.6) is 0 Å². The zero-order valence-electron chi connectivity index (χ0n) is 7.43. The van der Waals surface area contributed by atoms with Crippen molar-refractivity contribution in [3.63, 3.8) is 0 Å². The predicted octanol–water partition coefficient (Wildman–Crippen LogP) is -0.888. The molecule has 82 valence electrons. The Morgan fingerprint density at radius 2 is 1.14 bits per heavy atom. The summed E-state index contributed by atoms with van der Waals surface area (Å²) in [5.74, 6) is 0. The average molecular weight is 240 g/mol. The van der Waals surface area contributed by atoms with Crippen LogP contribution in [-0.4, -0.2) is 29.9 Å². The van der Waals surface area contributed by atoms with E-state index in [1.165, 1.54) is 0 Å². The standard InChI is InChI=1S/C6H12N2O4S2/c1-3-13(9,10)7-5-6-8-14(11,12)4-2/h3-4,7-8H,1-2,5-6H2. The van der Waals surface area contributed by atoms with Crippen LogP contribution in [0.2, 0.25) is 0 Å². The van der Waals surface area contributed by atoms with Crippen LogP contribution in [0.15, 0.2) is 24.0 Å². The third-order valence-corrected chi connectivity index (χ3v) is 3.26. The highest BCUT2D eigenvalue weighted by Crippen LogP contribution is 1.84. The highest BCUT2D eigenvalue weighted by Gasteiger charge is 2.05. The van der Waals surface area contributed by atoms with Crippen molar-refractivity contribution >= 4 is 20.0 Å². The van der Waals surface area contributed by atoms with Gasteiger partial charge in [-0.3, -0.25) is 0 Å².